The van der Waals surface area contributed by atoms with Crippen molar-refractivity contribution in [2.75, 3.05) is 11.1 Å². The Morgan fingerprint density at radius 2 is 1.72 bits per heavy atom. The maximum absolute atomic E-state index is 13.2. The zero-order valence-corrected chi connectivity index (χ0v) is 22.6. The van der Waals surface area contributed by atoms with Gasteiger partial charge in [-0.25, -0.2) is 14.4 Å². The third-order valence-electron chi connectivity index (χ3n) is 6.42. The zero-order chi connectivity index (χ0) is 27.2. The highest BCUT2D eigenvalue weighted by atomic mass is 32.2. The molecule has 4 aromatic rings. The largest absolute Gasteiger partial charge is 0.490 e. The van der Waals surface area contributed by atoms with E-state index in [-0.39, 0.29) is 23.3 Å². The summed E-state index contributed by atoms with van der Waals surface area (Å²) in [5, 5.41) is 26.1. The number of thiazole rings is 1. The van der Waals surface area contributed by atoms with E-state index in [1.807, 2.05) is 29.6 Å². The first-order chi connectivity index (χ1) is 19.0. The number of nitrogens with zero attached hydrogens (tertiary/aromatic N) is 4. The van der Waals surface area contributed by atoms with E-state index in [0.29, 0.717) is 32.6 Å². The average Bonchev–Trinajstić information content (AvgIpc) is 3.41. The van der Waals surface area contributed by atoms with Crippen LogP contribution in [0, 0.1) is 28.5 Å². The van der Waals surface area contributed by atoms with E-state index in [4.69, 9.17) is 10.5 Å². The molecule has 7 nitrogen and oxygen atoms in total. The Bertz CT molecular complexity index is 1530. The maximum Gasteiger partial charge on any atom is 0.187 e. The summed E-state index contributed by atoms with van der Waals surface area (Å²) >= 11 is 2.76. The van der Waals surface area contributed by atoms with E-state index >= 15 is 0 Å². The van der Waals surface area contributed by atoms with Crippen molar-refractivity contribution in [2.24, 2.45) is 0 Å². The van der Waals surface area contributed by atoms with Gasteiger partial charge >= 0.3 is 0 Å². The smallest absolute Gasteiger partial charge is 0.187 e. The lowest BCUT2D eigenvalue weighted by molar-refractivity contribution is 0.155. The number of rotatable bonds is 8. The van der Waals surface area contributed by atoms with E-state index in [1.54, 1.807) is 12.1 Å². The predicted molar refractivity (Wildman–Crippen MR) is 152 cm³/mol. The van der Waals surface area contributed by atoms with Crippen LogP contribution in [0.2, 0.25) is 0 Å². The van der Waals surface area contributed by atoms with Crippen LogP contribution in [0.4, 0.5) is 21.0 Å². The fourth-order valence-corrected chi connectivity index (χ4v) is 6.22. The lowest BCUT2D eigenvalue weighted by Gasteiger charge is -2.23. The number of pyridine rings is 1. The third kappa shape index (κ3) is 6.31. The second-order valence-corrected chi connectivity index (χ2v) is 10.9. The monoisotopic (exact) mass is 556 g/mol. The van der Waals surface area contributed by atoms with Crippen LogP contribution in [-0.2, 0) is 5.75 Å². The van der Waals surface area contributed by atoms with Crippen molar-refractivity contribution < 1.29 is 9.13 Å². The second-order valence-electron chi connectivity index (χ2n) is 9.12. The van der Waals surface area contributed by atoms with Gasteiger partial charge in [0.2, 0.25) is 0 Å². The fraction of sp³-hybridized carbons (Fsp3) is 0.241. The third-order valence-corrected chi connectivity index (χ3v) is 8.23. The predicted octanol–water partition coefficient (Wildman–Crippen LogP) is 7.42. The van der Waals surface area contributed by atoms with Crippen molar-refractivity contribution in [1.29, 1.82) is 10.5 Å². The van der Waals surface area contributed by atoms with E-state index in [0.717, 1.165) is 30.0 Å². The number of thioether (sulfide) groups is 1. The first-order valence-corrected chi connectivity index (χ1v) is 14.4. The minimum atomic E-state index is -0.303. The summed E-state index contributed by atoms with van der Waals surface area (Å²) in [4.78, 5) is 8.97. The molecule has 2 aromatic heterocycles. The number of hydrogen-bond donors (Lipinski definition) is 2. The van der Waals surface area contributed by atoms with Gasteiger partial charge in [-0.05, 0) is 67.6 Å². The Balaban J connectivity index is 1.35. The molecule has 1 fully saturated rings. The average molecular weight is 557 g/mol. The van der Waals surface area contributed by atoms with Crippen LogP contribution < -0.4 is 15.8 Å². The summed E-state index contributed by atoms with van der Waals surface area (Å²) in [6.45, 7) is 0. The molecular formula is C29H25FN6OS2. The van der Waals surface area contributed by atoms with Gasteiger partial charge in [0.25, 0.3) is 0 Å². The molecule has 2 heterocycles. The summed E-state index contributed by atoms with van der Waals surface area (Å²) in [6, 6.07) is 17.9. The second kappa shape index (κ2) is 12.2. The summed E-state index contributed by atoms with van der Waals surface area (Å²) in [5.41, 5.74) is 9.35. The highest BCUT2D eigenvalue weighted by Crippen LogP contribution is 2.38. The fourth-order valence-electron chi connectivity index (χ4n) is 4.50. The molecule has 0 amide bonds. The van der Waals surface area contributed by atoms with Crippen LogP contribution in [0.1, 0.15) is 48.9 Å². The molecule has 10 heteroatoms. The van der Waals surface area contributed by atoms with Gasteiger partial charge in [-0.1, -0.05) is 30.3 Å². The molecule has 0 unspecified atom stereocenters. The summed E-state index contributed by atoms with van der Waals surface area (Å²) in [5.74, 6) is 0.992. The molecule has 0 aliphatic heterocycles. The van der Waals surface area contributed by atoms with Crippen LogP contribution in [0.15, 0.2) is 58.9 Å². The summed E-state index contributed by atoms with van der Waals surface area (Å²) in [6.07, 6.45) is 5.97. The van der Waals surface area contributed by atoms with Gasteiger partial charge in [0, 0.05) is 22.4 Å². The molecule has 196 valence electrons. The highest BCUT2D eigenvalue weighted by Gasteiger charge is 2.21. The van der Waals surface area contributed by atoms with E-state index < -0.39 is 0 Å². The number of nitrogens with two attached hydrogens (primary N) is 1. The van der Waals surface area contributed by atoms with Gasteiger partial charge < -0.3 is 15.8 Å². The molecule has 39 heavy (non-hydrogen) atoms. The Kier molecular flexibility index (Phi) is 8.26. The maximum atomic E-state index is 13.2. The first-order valence-electron chi connectivity index (χ1n) is 12.5. The normalized spacial score (nSPS) is 13.4. The Labute approximate surface area is 234 Å². The van der Waals surface area contributed by atoms with Crippen molar-refractivity contribution in [3.8, 4) is 29.0 Å². The number of nitriles is 2. The van der Waals surface area contributed by atoms with Crippen molar-refractivity contribution in [3.63, 3.8) is 0 Å². The standard InChI is InChI=1S/C29H25FN6OS2/c30-19-8-10-20(11-9-19)34-29-35-21(17-39-29)16-38-28-25(15-32)26(24(14-31)27(33)36-28)18-6-12-23(13-7-18)37-22-4-2-1-3-5-22/h6-13,17,22H,1-5,16H2,(H2,33,36)(H,34,35). The number of anilines is 3. The molecule has 1 saturated carbocycles. The van der Waals surface area contributed by atoms with Crippen LogP contribution in [0.3, 0.4) is 0 Å². The first kappa shape index (κ1) is 26.5. The quantitative estimate of drug-likeness (QED) is 0.215. The van der Waals surface area contributed by atoms with Gasteiger partial charge in [0.15, 0.2) is 5.13 Å². The number of aromatic nitrogens is 2. The molecule has 0 atom stereocenters. The molecule has 0 saturated heterocycles. The summed E-state index contributed by atoms with van der Waals surface area (Å²) < 4.78 is 19.3. The number of benzene rings is 2. The SMILES string of the molecule is N#Cc1c(N)nc(SCc2csc(Nc3ccc(F)cc3)n2)c(C#N)c1-c1ccc(OC2CCCCC2)cc1. The number of nitrogen functional groups attached to an aromatic ring is 1. The van der Waals surface area contributed by atoms with Gasteiger partial charge in [-0.3, -0.25) is 0 Å². The van der Waals surface area contributed by atoms with Crippen LogP contribution in [-0.4, -0.2) is 16.1 Å². The van der Waals surface area contributed by atoms with Crippen molar-refractivity contribution in [2.45, 2.75) is 49.0 Å². The Hall–Kier alpha value is -4.12. The molecule has 5 rings (SSSR count). The lowest BCUT2D eigenvalue weighted by atomic mass is 9.96. The molecule has 1 aliphatic carbocycles. The minimum absolute atomic E-state index is 0.0773. The van der Waals surface area contributed by atoms with Gasteiger partial charge in [-0.15, -0.1) is 11.3 Å². The number of nitrogens with one attached hydrogen (secondary N) is 1. The van der Waals surface area contributed by atoms with E-state index in [9.17, 15) is 14.9 Å². The molecule has 2 aromatic carbocycles. The summed E-state index contributed by atoms with van der Waals surface area (Å²) in [7, 11) is 0. The number of ether oxygens (including phenoxy) is 1. The van der Waals surface area contributed by atoms with Crippen LogP contribution in [0.25, 0.3) is 11.1 Å². The topological polar surface area (TPSA) is 121 Å². The van der Waals surface area contributed by atoms with Gasteiger partial charge in [0.05, 0.1) is 17.4 Å². The number of hydrogen-bond acceptors (Lipinski definition) is 9. The molecule has 3 N–H and O–H groups in total. The van der Waals surface area contributed by atoms with Crippen molar-refractivity contribution in [1.82, 2.24) is 9.97 Å². The van der Waals surface area contributed by atoms with Crippen molar-refractivity contribution in [3.05, 3.63) is 76.5 Å². The van der Waals surface area contributed by atoms with E-state index in [2.05, 4.69) is 27.4 Å². The Morgan fingerprint density at radius 3 is 2.41 bits per heavy atom. The molecule has 1 aliphatic rings. The Morgan fingerprint density at radius 1 is 1.00 bits per heavy atom. The molecular weight excluding hydrogens is 531 g/mol. The van der Waals surface area contributed by atoms with Crippen LogP contribution >= 0.6 is 23.1 Å². The lowest BCUT2D eigenvalue weighted by Crippen LogP contribution is -2.19. The van der Waals surface area contributed by atoms with E-state index in [1.165, 1.54) is 54.5 Å². The molecule has 0 spiro atoms. The highest BCUT2D eigenvalue weighted by molar-refractivity contribution is 7.98. The minimum Gasteiger partial charge on any atom is -0.490 e. The van der Waals surface area contributed by atoms with Gasteiger partial charge in [-0.2, -0.15) is 10.5 Å². The van der Waals surface area contributed by atoms with Crippen LogP contribution in [0.5, 0.6) is 5.75 Å². The zero-order valence-electron chi connectivity index (χ0n) is 21.0. The van der Waals surface area contributed by atoms with Gasteiger partial charge in [0.1, 0.15) is 40.1 Å². The molecule has 0 radical (unpaired) electrons. The number of halogens is 1. The molecule has 0 bridgehead atoms. The van der Waals surface area contributed by atoms with Crippen molar-refractivity contribution >= 4 is 39.7 Å².